The first-order chi connectivity index (χ1) is 10.2. The summed E-state index contributed by atoms with van der Waals surface area (Å²) in [6, 6.07) is 11.6. The Labute approximate surface area is 126 Å². The third kappa shape index (κ3) is 3.59. The Morgan fingerprint density at radius 1 is 0.619 bits per heavy atom. The minimum absolute atomic E-state index is 0.771. The smallest absolute Gasteiger partial charge is 0.122 e. The largest absolute Gasteiger partial charge is 0.499 e. The Hall–Kier alpha value is -1.93. The second kappa shape index (κ2) is 7.19. The fourth-order valence-electron chi connectivity index (χ4n) is 1.88. The van der Waals surface area contributed by atoms with Gasteiger partial charge in [0.1, 0.15) is 11.5 Å². The molecule has 0 aliphatic rings. The van der Waals surface area contributed by atoms with Crippen LogP contribution < -0.4 is 29.6 Å². The molecule has 0 spiro atoms. The van der Waals surface area contributed by atoms with Crippen molar-refractivity contribution in [2.45, 2.75) is 0 Å². The van der Waals surface area contributed by atoms with Crippen molar-refractivity contribution in [2.75, 3.05) is 28.4 Å². The molecule has 0 aromatic heterocycles. The fourth-order valence-corrected chi connectivity index (χ4v) is 2.97. The standard InChI is InChI=1S/C16H18O4P/c1-17-11-5-7-15(13(9-11)19-3)21-16-8-6-12(18-2)10-14(16)20-4/h5-10H,1-4H3/q-1. The highest BCUT2D eigenvalue weighted by Crippen LogP contribution is 2.28. The van der Waals surface area contributed by atoms with Gasteiger partial charge < -0.3 is 27.5 Å². The molecule has 0 unspecified atom stereocenters. The molecule has 0 radical (unpaired) electrons. The summed E-state index contributed by atoms with van der Waals surface area (Å²) in [6.07, 6.45) is 0. The first kappa shape index (κ1) is 15.5. The van der Waals surface area contributed by atoms with E-state index in [0.717, 1.165) is 42.2 Å². The summed E-state index contributed by atoms with van der Waals surface area (Å²) in [5.41, 5.74) is 0. The summed E-state index contributed by atoms with van der Waals surface area (Å²) in [7, 11) is 7.57. The van der Waals surface area contributed by atoms with Crippen molar-refractivity contribution in [2.24, 2.45) is 0 Å². The highest BCUT2D eigenvalue weighted by atomic mass is 31.1. The van der Waals surface area contributed by atoms with E-state index in [9.17, 15) is 0 Å². The average Bonchev–Trinajstić information content (AvgIpc) is 2.55. The molecule has 0 aliphatic carbocycles. The van der Waals surface area contributed by atoms with Crippen LogP contribution in [0.2, 0.25) is 0 Å². The van der Waals surface area contributed by atoms with Crippen LogP contribution in [0, 0.1) is 0 Å². The van der Waals surface area contributed by atoms with Gasteiger partial charge in [0.2, 0.25) is 0 Å². The van der Waals surface area contributed by atoms with Gasteiger partial charge in [-0.2, -0.15) is 10.6 Å². The molecule has 112 valence electrons. The second-order valence-corrected chi connectivity index (χ2v) is 5.37. The SMILES string of the molecule is COc1ccc([P-]c2ccc(OC)cc2OC)c(OC)c1. The zero-order chi connectivity index (χ0) is 15.2. The van der Waals surface area contributed by atoms with E-state index in [-0.39, 0.29) is 0 Å². The van der Waals surface area contributed by atoms with Crippen molar-refractivity contribution in [1.82, 2.24) is 0 Å². The number of hydrogen-bond acceptors (Lipinski definition) is 4. The van der Waals surface area contributed by atoms with Crippen molar-refractivity contribution >= 4 is 19.2 Å². The molecule has 2 rings (SSSR count). The zero-order valence-electron chi connectivity index (χ0n) is 12.5. The molecule has 0 amide bonds. The van der Waals surface area contributed by atoms with E-state index in [1.54, 1.807) is 28.4 Å². The Morgan fingerprint density at radius 3 is 1.38 bits per heavy atom. The predicted octanol–water partition coefficient (Wildman–Crippen LogP) is 2.62. The molecule has 0 atom stereocenters. The molecule has 4 nitrogen and oxygen atoms in total. The maximum absolute atomic E-state index is 5.43. The van der Waals surface area contributed by atoms with E-state index in [4.69, 9.17) is 18.9 Å². The first-order valence-electron chi connectivity index (χ1n) is 6.37. The molecule has 2 aromatic carbocycles. The van der Waals surface area contributed by atoms with Gasteiger partial charge in [-0.15, -0.1) is 0 Å². The monoisotopic (exact) mass is 305 g/mol. The van der Waals surface area contributed by atoms with Gasteiger partial charge in [-0.1, -0.05) is 12.1 Å². The van der Waals surface area contributed by atoms with Crippen LogP contribution in [0.1, 0.15) is 0 Å². The molecule has 0 aliphatic heterocycles. The molecule has 2 aromatic rings. The van der Waals surface area contributed by atoms with E-state index >= 15 is 0 Å². The van der Waals surface area contributed by atoms with E-state index in [1.807, 2.05) is 36.4 Å². The van der Waals surface area contributed by atoms with Crippen LogP contribution in [-0.2, 0) is 0 Å². The molecule has 21 heavy (non-hydrogen) atoms. The highest BCUT2D eigenvalue weighted by molar-refractivity contribution is 7.56. The van der Waals surface area contributed by atoms with Crippen LogP contribution in [0.25, 0.3) is 0 Å². The van der Waals surface area contributed by atoms with Gasteiger partial charge in [0, 0.05) is 12.1 Å². The van der Waals surface area contributed by atoms with Crippen LogP contribution >= 0.6 is 8.58 Å². The third-order valence-corrected chi connectivity index (χ3v) is 4.24. The number of hydrogen-bond donors (Lipinski definition) is 0. The van der Waals surface area contributed by atoms with Crippen molar-refractivity contribution in [3.63, 3.8) is 0 Å². The number of ether oxygens (including phenoxy) is 4. The summed E-state index contributed by atoms with van der Waals surface area (Å²) < 4.78 is 21.3. The lowest BCUT2D eigenvalue weighted by molar-refractivity contribution is 0.396. The van der Waals surface area contributed by atoms with Gasteiger partial charge >= 0.3 is 0 Å². The van der Waals surface area contributed by atoms with Crippen molar-refractivity contribution in [3.8, 4) is 23.0 Å². The molecule has 0 fully saturated rings. The molecule has 0 N–H and O–H groups in total. The van der Waals surface area contributed by atoms with Gasteiger partial charge in [-0.05, 0) is 12.1 Å². The lowest BCUT2D eigenvalue weighted by Crippen LogP contribution is -2.09. The Balaban J connectivity index is 2.33. The summed E-state index contributed by atoms with van der Waals surface area (Å²) in [5, 5.41) is 2.09. The quantitative estimate of drug-likeness (QED) is 0.769. The van der Waals surface area contributed by atoms with Gasteiger partial charge in [0.15, 0.2) is 0 Å². The minimum atomic E-state index is 0.771. The average molecular weight is 305 g/mol. The second-order valence-electron chi connectivity index (χ2n) is 4.19. The molecule has 0 bridgehead atoms. The van der Waals surface area contributed by atoms with Gasteiger partial charge in [-0.25, -0.2) is 0 Å². The summed E-state index contributed by atoms with van der Waals surface area (Å²) in [6.45, 7) is 0. The number of benzene rings is 2. The lowest BCUT2D eigenvalue weighted by atomic mass is 10.3. The highest BCUT2D eigenvalue weighted by Gasteiger charge is 2.01. The van der Waals surface area contributed by atoms with E-state index < -0.39 is 0 Å². The van der Waals surface area contributed by atoms with E-state index in [2.05, 4.69) is 0 Å². The van der Waals surface area contributed by atoms with Crippen molar-refractivity contribution in [3.05, 3.63) is 36.4 Å². The van der Waals surface area contributed by atoms with Crippen LogP contribution in [0.5, 0.6) is 23.0 Å². The molecule has 5 heteroatoms. The molecule has 0 saturated heterocycles. The Kier molecular flexibility index (Phi) is 5.29. The van der Waals surface area contributed by atoms with Crippen LogP contribution in [0.4, 0.5) is 0 Å². The maximum Gasteiger partial charge on any atom is 0.122 e. The predicted molar refractivity (Wildman–Crippen MR) is 85.3 cm³/mol. The molecule has 0 heterocycles. The maximum atomic E-state index is 5.43. The minimum Gasteiger partial charge on any atom is -0.499 e. The number of rotatable bonds is 6. The van der Waals surface area contributed by atoms with Crippen LogP contribution in [0.15, 0.2) is 36.4 Å². The van der Waals surface area contributed by atoms with E-state index in [0.29, 0.717) is 0 Å². The molecular formula is C16H18O4P-. The van der Waals surface area contributed by atoms with Gasteiger partial charge in [0.25, 0.3) is 0 Å². The topological polar surface area (TPSA) is 36.9 Å². The first-order valence-corrected chi connectivity index (χ1v) is 7.27. The van der Waals surface area contributed by atoms with Crippen LogP contribution in [-0.4, -0.2) is 28.4 Å². The Bertz CT molecular complexity index is 560. The Morgan fingerprint density at radius 2 is 1.05 bits per heavy atom. The summed E-state index contributed by atoms with van der Waals surface area (Å²) in [4.78, 5) is 0. The normalized spacial score (nSPS) is 10.1. The van der Waals surface area contributed by atoms with Gasteiger partial charge in [-0.3, -0.25) is 0 Å². The summed E-state index contributed by atoms with van der Waals surface area (Å²) in [5.74, 6) is 3.11. The molecule has 0 saturated carbocycles. The zero-order valence-corrected chi connectivity index (χ0v) is 13.4. The summed E-state index contributed by atoms with van der Waals surface area (Å²) >= 11 is 0. The van der Waals surface area contributed by atoms with Crippen molar-refractivity contribution in [1.29, 1.82) is 0 Å². The lowest BCUT2D eigenvalue weighted by Gasteiger charge is -2.25. The van der Waals surface area contributed by atoms with E-state index in [1.165, 1.54) is 0 Å². The molecular weight excluding hydrogens is 287 g/mol. The van der Waals surface area contributed by atoms with Crippen molar-refractivity contribution < 1.29 is 18.9 Å². The third-order valence-electron chi connectivity index (χ3n) is 3.01. The van der Waals surface area contributed by atoms with Gasteiger partial charge in [0.05, 0.1) is 39.9 Å². The fraction of sp³-hybridized carbons (Fsp3) is 0.250. The van der Waals surface area contributed by atoms with Crippen LogP contribution in [0.3, 0.4) is 0 Å². The number of methoxy groups -OCH3 is 4.